The standard InChI is InChI=1S/C10H19N3O/c1-4-14-6-5-11-8(2)10-7-12-13-9(10)3/h7-8,11H,4-6H2,1-3H3,(H,12,13). The van der Waals surface area contributed by atoms with Crippen molar-refractivity contribution in [2.45, 2.75) is 26.8 Å². The molecule has 1 unspecified atom stereocenters. The molecule has 2 N–H and O–H groups in total. The Balaban J connectivity index is 2.28. The first-order valence-corrected chi connectivity index (χ1v) is 5.06. The van der Waals surface area contributed by atoms with Crippen molar-refractivity contribution < 1.29 is 4.74 Å². The van der Waals surface area contributed by atoms with Crippen LogP contribution in [0.15, 0.2) is 6.20 Å². The van der Waals surface area contributed by atoms with Crippen LogP contribution in [0.2, 0.25) is 0 Å². The zero-order chi connectivity index (χ0) is 10.4. The Labute approximate surface area is 85.0 Å². The van der Waals surface area contributed by atoms with Gasteiger partial charge in [-0.1, -0.05) is 0 Å². The number of hydrogen-bond donors (Lipinski definition) is 2. The molecule has 0 aliphatic rings. The van der Waals surface area contributed by atoms with E-state index >= 15 is 0 Å². The summed E-state index contributed by atoms with van der Waals surface area (Å²) in [7, 11) is 0. The van der Waals surface area contributed by atoms with E-state index in [1.54, 1.807) is 0 Å². The average molecular weight is 197 g/mol. The van der Waals surface area contributed by atoms with E-state index in [2.05, 4.69) is 22.4 Å². The highest BCUT2D eigenvalue weighted by Crippen LogP contribution is 2.13. The molecule has 0 spiro atoms. The maximum atomic E-state index is 5.25. The molecule has 4 nitrogen and oxygen atoms in total. The molecule has 0 aliphatic carbocycles. The summed E-state index contributed by atoms with van der Waals surface area (Å²) in [5, 5.41) is 10.3. The van der Waals surface area contributed by atoms with Crippen LogP contribution >= 0.6 is 0 Å². The number of aromatic nitrogens is 2. The highest BCUT2D eigenvalue weighted by Gasteiger charge is 2.08. The van der Waals surface area contributed by atoms with Gasteiger partial charge in [-0.05, 0) is 20.8 Å². The molecule has 0 amide bonds. The number of nitrogens with one attached hydrogen (secondary N) is 2. The van der Waals surface area contributed by atoms with E-state index in [1.165, 1.54) is 5.56 Å². The molecule has 0 fully saturated rings. The minimum Gasteiger partial charge on any atom is -0.380 e. The van der Waals surface area contributed by atoms with E-state index in [1.807, 2.05) is 20.0 Å². The Bertz CT molecular complexity index is 260. The van der Waals surface area contributed by atoms with Gasteiger partial charge in [0, 0.05) is 30.5 Å². The molecule has 0 aliphatic heterocycles. The third-order valence-electron chi connectivity index (χ3n) is 2.24. The third kappa shape index (κ3) is 3.12. The first-order chi connectivity index (χ1) is 6.75. The molecule has 80 valence electrons. The van der Waals surface area contributed by atoms with Crippen LogP contribution in [0, 0.1) is 6.92 Å². The number of rotatable bonds is 6. The molecule has 1 rings (SSSR count). The van der Waals surface area contributed by atoms with Crippen LogP contribution in [-0.4, -0.2) is 30.0 Å². The van der Waals surface area contributed by atoms with Crippen LogP contribution in [0.4, 0.5) is 0 Å². The van der Waals surface area contributed by atoms with Gasteiger partial charge in [0.1, 0.15) is 0 Å². The molecule has 1 atom stereocenters. The number of aryl methyl sites for hydroxylation is 1. The Morgan fingerprint density at radius 2 is 2.43 bits per heavy atom. The van der Waals surface area contributed by atoms with Gasteiger partial charge in [0.2, 0.25) is 0 Å². The van der Waals surface area contributed by atoms with Gasteiger partial charge in [-0.25, -0.2) is 0 Å². The third-order valence-corrected chi connectivity index (χ3v) is 2.24. The van der Waals surface area contributed by atoms with Gasteiger partial charge >= 0.3 is 0 Å². The molecule has 4 heteroatoms. The van der Waals surface area contributed by atoms with Crippen molar-refractivity contribution in [2.24, 2.45) is 0 Å². The molecule has 0 saturated heterocycles. The quantitative estimate of drug-likeness (QED) is 0.678. The molecule has 0 aromatic carbocycles. The fourth-order valence-electron chi connectivity index (χ4n) is 1.40. The van der Waals surface area contributed by atoms with Crippen molar-refractivity contribution in [1.82, 2.24) is 15.5 Å². The summed E-state index contributed by atoms with van der Waals surface area (Å²) in [6.45, 7) is 8.58. The molecule has 0 saturated carbocycles. The van der Waals surface area contributed by atoms with Crippen LogP contribution in [0.1, 0.15) is 31.1 Å². The van der Waals surface area contributed by atoms with Gasteiger partial charge in [0.15, 0.2) is 0 Å². The lowest BCUT2D eigenvalue weighted by atomic mass is 10.1. The second kappa shape index (κ2) is 5.78. The van der Waals surface area contributed by atoms with Crippen molar-refractivity contribution in [1.29, 1.82) is 0 Å². The molecular weight excluding hydrogens is 178 g/mol. The fourth-order valence-corrected chi connectivity index (χ4v) is 1.40. The number of H-pyrrole nitrogens is 1. The largest absolute Gasteiger partial charge is 0.380 e. The minimum atomic E-state index is 0.328. The fraction of sp³-hybridized carbons (Fsp3) is 0.700. The van der Waals surface area contributed by atoms with E-state index in [0.29, 0.717) is 6.04 Å². The summed E-state index contributed by atoms with van der Waals surface area (Å²) in [5.74, 6) is 0. The number of hydrogen-bond acceptors (Lipinski definition) is 3. The topological polar surface area (TPSA) is 49.9 Å². The minimum absolute atomic E-state index is 0.328. The maximum Gasteiger partial charge on any atom is 0.0590 e. The van der Waals surface area contributed by atoms with Crippen LogP contribution < -0.4 is 5.32 Å². The predicted molar refractivity (Wildman–Crippen MR) is 56.2 cm³/mol. The second-order valence-electron chi connectivity index (χ2n) is 3.32. The van der Waals surface area contributed by atoms with Gasteiger partial charge in [-0.2, -0.15) is 5.10 Å². The smallest absolute Gasteiger partial charge is 0.0590 e. The van der Waals surface area contributed by atoms with Crippen LogP contribution in [0.5, 0.6) is 0 Å². The van der Waals surface area contributed by atoms with E-state index < -0.39 is 0 Å². The van der Waals surface area contributed by atoms with Crippen molar-refractivity contribution in [2.75, 3.05) is 19.8 Å². The van der Waals surface area contributed by atoms with Gasteiger partial charge in [0.25, 0.3) is 0 Å². The van der Waals surface area contributed by atoms with Crippen molar-refractivity contribution in [3.8, 4) is 0 Å². The normalized spacial score (nSPS) is 13.1. The molecule has 1 aromatic heterocycles. The second-order valence-corrected chi connectivity index (χ2v) is 3.32. The Hall–Kier alpha value is -0.870. The van der Waals surface area contributed by atoms with E-state index in [-0.39, 0.29) is 0 Å². The lowest BCUT2D eigenvalue weighted by molar-refractivity contribution is 0.147. The van der Waals surface area contributed by atoms with Crippen molar-refractivity contribution in [3.05, 3.63) is 17.5 Å². The molecule has 1 aromatic rings. The number of aromatic amines is 1. The lowest BCUT2D eigenvalue weighted by Gasteiger charge is -2.12. The zero-order valence-corrected chi connectivity index (χ0v) is 9.13. The van der Waals surface area contributed by atoms with E-state index in [0.717, 1.165) is 25.5 Å². The highest BCUT2D eigenvalue weighted by atomic mass is 16.5. The van der Waals surface area contributed by atoms with Gasteiger partial charge < -0.3 is 10.1 Å². The van der Waals surface area contributed by atoms with E-state index in [9.17, 15) is 0 Å². The number of ether oxygens (including phenoxy) is 1. The van der Waals surface area contributed by atoms with Crippen molar-refractivity contribution in [3.63, 3.8) is 0 Å². The summed E-state index contributed by atoms with van der Waals surface area (Å²) in [6, 6.07) is 0.328. The van der Waals surface area contributed by atoms with Crippen LogP contribution in [0.3, 0.4) is 0 Å². The summed E-state index contributed by atoms with van der Waals surface area (Å²) in [6.07, 6.45) is 1.87. The summed E-state index contributed by atoms with van der Waals surface area (Å²) >= 11 is 0. The van der Waals surface area contributed by atoms with Gasteiger partial charge in [0.05, 0.1) is 12.8 Å². The first-order valence-electron chi connectivity index (χ1n) is 5.06. The monoisotopic (exact) mass is 197 g/mol. The molecule has 14 heavy (non-hydrogen) atoms. The summed E-state index contributed by atoms with van der Waals surface area (Å²) < 4.78 is 5.25. The Morgan fingerprint density at radius 1 is 1.64 bits per heavy atom. The molecule has 0 radical (unpaired) electrons. The van der Waals surface area contributed by atoms with Gasteiger partial charge in [-0.15, -0.1) is 0 Å². The lowest BCUT2D eigenvalue weighted by Crippen LogP contribution is -2.23. The molecule has 1 heterocycles. The maximum absolute atomic E-state index is 5.25. The van der Waals surface area contributed by atoms with Crippen LogP contribution in [-0.2, 0) is 4.74 Å². The molecular formula is C10H19N3O. The van der Waals surface area contributed by atoms with Gasteiger partial charge in [-0.3, -0.25) is 5.10 Å². The Kier molecular flexibility index (Phi) is 4.62. The number of nitrogens with zero attached hydrogens (tertiary/aromatic N) is 1. The highest BCUT2D eigenvalue weighted by molar-refractivity contribution is 5.18. The zero-order valence-electron chi connectivity index (χ0n) is 9.13. The summed E-state index contributed by atoms with van der Waals surface area (Å²) in [4.78, 5) is 0. The summed E-state index contributed by atoms with van der Waals surface area (Å²) in [5.41, 5.74) is 2.35. The van der Waals surface area contributed by atoms with E-state index in [4.69, 9.17) is 4.74 Å². The van der Waals surface area contributed by atoms with Crippen molar-refractivity contribution >= 4 is 0 Å². The first kappa shape index (κ1) is 11.2. The average Bonchev–Trinajstić information content (AvgIpc) is 2.59. The SMILES string of the molecule is CCOCCNC(C)c1cn[nH]c1C. The Morgan fingerprint density at radius 3 is 3.00 bits per heavy atom. The predicted octanol–water partition coefficient (Wildman–Crippen LogP) is 1.41. The molecule has 0 bridgehead atoms. The van der Waals surface area contributed by atoms with Crippen LogP contribution in [0.25, 0.3) is 0 Å².